The SMILES string of the molecule is CC(C)(C)C1CCCCCCC2CCOCCN2CCC1. The van der Waals surface area contributed by atoms with Crippen molar-refractivity contribution >= 4 is 0 Å². The predicted octanol–water partition coefficient (Wildman–Crippen LogP) is 4.87. The molecule has 2 heterocycles. The van der Waals surface area contributed by atoms with Crippen molar-refractivity contribution in [3.8, 4) is 0 Å². The predicted molar refractivity (Wildman–Crippen MR) is 90.7 cm³/mol. The van der Waals surface area contributed by atoms with Gasteiger partial charge in [-0.15, -0.1) is 0 Å². The summed E-state index contributed by atoms with van der Waals surface area (Å²) in [4.78, 5) is 2.74. The highest BCUT2D eigenvalue weighted by molar-refractivity contribution is 4.78. The van der Waals surface area contributed by atoms with Gasteiger partial charge in [-0.2, -0.15) is 0 Å². The maximum atomic E-state index is 5.71. The second-order valence-corrected chi connectivity index (χ2v) is 8.29. The molecule has 0 aromatic carbocycles. The van der Waals surface area contributed by atoms with E-state index in [1.807, 2.05) is 0 Å². The maximum absolute atomic E-state index is 5.71. The Bertz CT molecular complexity index is 284. The number of fused-ring (bicyclic) bond motifs is 1. The highest BCUT2D eigenvalue weighted by atomic mass is 16.5. The van der Waals surface area contributed by atoms with E-state index in [9.17, 15) is 0 Å². The highest BCUT2D eigenvalue weighted by Gasteiger charge is 2.26. The summed E-state index contributed by atoms with van der Waals surface area (Å²) in [5.41, 5.74) is 0.478. The summed E-state index contributed by atoms with van der Waals surface area (Å²) < 4.78 is 5.71. The second kappa shape index (κ2) is 8.53. The van der Waals surface area contributed by atoms with Gasteiger partial charge in [0, 0.05) is 19.2 Å². The van der Waals surface area contributed by atoms with Crippen LogP contribution in [0.4, 0.5) is 0 Å². The average molecular weight is 296 g/mol. The molecule has 0 aromatic heterocycles. The van der Waals surface area contributed by atoms with Crippen LogP contribution in [0, 0.1) is 11.3 Å². The number of hydrogen-bond donors (Lipinski definition) is 0. The lowest BCUT2D eigenvalue weighted by molar-refractivity contribution is 0.135. The first-order valence-electron chi connectivity index (χ1n) is 9.39. The molecule has 2 nitrogen and oxygen atoms in total. The molecule has 2 unspecified atom stereocenters. The summed E-state index contributed by atoms with van der Waals surface area (Å²) in [6, 6.07) is 0.792. The Morgan fingerprint density at radius 3 is 2.24 bits per heavy atom. The van der Waals surface area contributed by atoms with Gasteiger partial charge in [-0.3, -0.25) is 4.90 Å². The van der Waals surface area contributed by atoms with Crippen LogP contribution in [0.3, 0.4) is 0 Å². The van der Waals surface area contributed by atoms with E-state index in [1.54, 1.807) is 0 Å². The molecule has 0 aromatic rings. The molecule has 124 valence electrons. The quantitative estimate of drug-likeness (QED) is 0.632. The molecular weight excluding hydrogens is 258 g/mol. The molecule has 0 aliphatic carbocycles. The molecule has 21 heavy (non-hydrogen) atoms. The van der Waals surface area contributed by atoms with Crippen molar-refractivity contribution in [2.24, 2.45) is 11.3 Å². The average Bonchev–Trinajstić information content (AvgIpc) is 2.62. The summed E-state index contributed by atoms with van der Waals surface area (Å²) in [6.45, 7) is 11.7. The fourth-order valence-electron chi connectivity index (χ4n) is 4.17. The van der Waals surface area contributed by atoms with Crippen LogP contribution in [0.2, 0.25) is 0 Å². The lowest BCUT2D eigenvalue weighted by atomic mass is 9.75. The van der Waals surface area contributed by atoms with Gasteiger partial charge in [-0.1, -0.05) is 46.5 Å². The zero-order valence-electron chi connectivity index (χ0n) is 14.7. The Balaban J connectivity index is 1.94. The van der Waals surface area contributed by atoms with Gasteiger partial charge in [0.05, 0.1) is 6.61 Å². The first kappa shape index (κ1) is 17.3. The molecule has 0 N–H and O–H groups in total. The van der Waals surface area contributed by atoms with Crippen molar-refractivity contribution < 1.29 is 4.74 Å². The lowest BCUT2D eigenvalue weighted by Gasteiger charge is -2.34. The molecule has 2 atom stereocenters. The Labute approximate surface area is 132 Å². The topological polar surface area (TPSA) is 12.5 Å². The minimum absolute atomic E-state index is 0.478. The van der Waals surface area contributed by atoms with Crippen molar-refractivity contribution in [1.29, 1.82) is 0 Å². The second-order valence-electron chi connectivity index (χ2n) is 8.29. The third-order valence-electron chi connectivity index (χ3n) is 5.70. The van der Waals surface area contributed by atoms with Gasteiger partial charge in [0.15, 0.2) is 0 Å². The zero-order valence-corrected chi connectivity index (χ0v) is 14.7. The lowest BCUT2D eigenvalue weighted by Crippen LogP contribution is -2.37. The van der Waals surface area contributed by atoms with Gasteiger partial charge in [-0.05, 0) is 50.0 Å². The van der Waals surface area contributed by atoms with Gasteiger partial charge in [0.1, 0.15) is 0 Å². The first-order chi connectivity index (χ1) is 10.1. The third-order valence-corrected chi connectivity index (χ3v) is 5.70. The van der Waals surface area contributed by atoms with E-state index >= 15 is 0 Å². The van der Waals surface area contributed by atoms with Crippen LogP contribution in [0.5, 0.6) is 0 Å². The van der Waals surface area contributed by atoms with E-state index in [0.717, 1.165) is 31.7 Å². The van der Waals surface area contributed by atoms with Crippen LogP contribution in [0.1, 0.15) is 78.6 Å². The molecular formula is C19H37NO. The summed E-state index contributed by atoms with van der Waals surface area (Å²) in [5.74, 6) is 0.901. The van der Waals surface area contributed by atoms with Gasteiger partial charge in [0.2, 0.25) is 0 Å². The molecule has 0 spiro atoms. The molecule has 0 amide bonds. The van der Waals surface area contributed by atoms with Crippen LogP contribution >= 0.6 is 0 Å². The van der Waals surface area contributed by atoms with Crippen molar-refractivity contribution in [2.75, 3.05) is 26.3 Å². The van der Waals surface area contributed by atoms with Crippen LogP contribution in [-0.4, -0.2) is 37.2 Å². The van der Waals surface area contributed by atoms with Crippen molar-refractivity contribution in [3.63, 3.8) is 0 Å². The summed E-state index contributed by atoms with van der Waals surface area (Å²) in [5, 5.41) is 0. The molecule has 0 radical (unpaired) electrons. The summed E-state index contributed by atoms with van der Waals surface area (Å²) in [6.07, 6.45) is 12.6. The molecule has 2 saturated heterocycles. The normalized spacial score (nSPS) is 31.6. The first-order valence-corrected chi connectivity index (χ1v) is 9.39. The minimum Gasteiger partial charge on any atom is -0.380 e. The zero-order chi connectivity index (χ0) is 15.1. The standard InChI is InChI=1S/C19H37NO/c1-19(2,3)17-9-6-4-5-7-11-18-12-15-21-16-14-20(18)13-8-10-17/h17-18H,4-16H2,1-3H3. The van der Waals surface area contributed by atoms with Gasteiger partial charge in [-0.25, -0.2) is 0 Å². The van der Waals surface area contributed by atoms with E-state index in [-0.39, 0.29) is 0 Å². The molecule has 2 aliphatic heterocycles. The van der Waals surface area contributed by atoms with Crippen molar-refractivity contribution in [2.45, 2.75) is 84.6 Å². The van der Waals surface area contributed by atoms with Crippen molar-refractivity contribution in [3.05, 3.63) is 0 Å². The Morgan fingerprint density at radius 1 is 0.762 bits per heavy atom. The summed E-state index contributed by atoms with van der Waals surface area (Å²) >= 11 is 0. The molecule has 2 heteroatoms. The van der Waals surface area contributed by atoms with Crippen LogP contribution in [-0.2, 0) is 4.74 Å². The summed E-state index contributed by atoms with van der Waals surface area (Å²) in [7, 11) is 0. The smallest absolute Gasteiger partial charge is 0.0593 e. The van der Waals surface area contributed by atoms with Crippen LogP contribution in [0.15, 0.2) is 0 Å². The third kappa shape index (κ3) is 5.90. The maximum Gasteiger partial charge on any atom is 0.0593 e. The van der Waals surface area contributed by atoms with E-state index in [2.05, 4.69) is 25.7 Å². The van der Waals surface area contributed by atoms with Gasteiger partial charge in [0.25, 0.3) is 0 Å². The largest absolute Gasteiger partial charge is 0.380 e. The molecule has 0 saturated carbocycles. The number of nitrogens with zero attached hydrogens (tertiary/aromatic N) is 1. The molecule has 2 rings (SSSR count). The molecule has 0 bridgehead atoms. The molecule has 2 fully saturated rings. The number of ether oxygens (including phenoxy) is 1. The number of rotatable bonds is 0. The Morgan fingerprint density at radius 2 is 1.48 bits per heavy atom. The van der Waals surface area contributed by atoms with Crippen molar-refractivity contribution in [1.82, 2.24) is 4.90 Å². The van der Waals surface area contributed by atoms with Gasteiger partial charge < -0.3 is 4.74 Å². The van der Waals surface area contributed by atoms with Crippen LogP contribution in [0.25, 0.3) is 0 Å². The van der Waals surface area contributed by atoms with E-state index in [0.29, 0.717) is 5.41 Å². The highest BCUT2D eigenvalue weighted by Crippen LogP contribution is 2.34. The monoisotopic (exact) mass is 295 g/mol. The van der Waals surface area contributed by atoms with E-state index in [1.165, 1.54) is 64.3 Å². The van der Waals surface area contributed by atoms with Crippen LogP contribution < -0.4 is 0 Å². The number of hydrogen-bond acceptors (Lipinski definition) is 2. The van der Waals surface area contributed by atoms with Gasteiger partial charge >= 0.3 is 0 Å². The van der Waals surface area contributed by atoms with E-state index < -0.39 is 0 Å². The minimum atomic E-state index is 0.478. The fraction of sp³-hybridized carbons (Fsp3) is 1.00. The van der Waals surface area contributed by atoms with E-state index in [4.69, 9.17) is 4.74 Å². The Kier molecular flexibility index (Phi) is 7.01. The Hall–Kier alpha value is -0.0800. The molecule has 2 aliphatic rings. The fourth-order valence-corrected chi connectivity index (χ4v) is 4.17.